The number of halogens is 2. The van der Waals surface area contributed by atoms with Crippen molar-refractivity contribution in [3.63, 3.8) is 0 Å². The van der Waals surface area contributed by atoms with Crippen LogP contribution in [0.1, 0.15) is 26.4 Å². The van der Waals surface area contributed by atoms with Crippen LogP contribution in [0, 0.1) is 13.8 Å². The molecule has 0 aliphatic carbocycles. The molecule has 0 spiro atoms. The number of carbonyl (C=O) groups excluding carboxylic acids is 1. The molecule has 0 fully saturated rings. The summed E-state index contributed by atoms with van der Waals surface area (Å²) in [5.41, 5.74) is 3.02. The Morgan fingerprint density at radius 3 is 2.50 bits per heavy atom. The average molecular weight is 403 g/mol. The van der Waals surface area contributed by atoms with Gasteiger partial charge >= 0.3 is 6.61 Å². The van der Waals surface area contributed by atoms with Gasteiger partial charge in [-0.3, -0.25) is 4.79 Å². The maximum Gasteiger partial charge on any atom is 0.387 e. The third kappa shape index (κ3) is 5.29. The van der Waals surface area contributed by atoms with E-state index in [1.807, 2.05) is 36.6 Å². The second kappa shape index (κ2) is 8.84. The van der Waals surface area contributed by atoms with Crippen molar-refractivity contribution in [2.24, 2.45) is 0 Å². The Labute approximate surface area is 165 Å². The third-order valence-electron chi connectivity index (χ3n) is 3.90. The number of thiophene rings is 1. The van der Waals surface area contributed by atoms with Crippen molar-refractivity contribution in [2.45, 2.75) is 27.1 Å². The second-order valence-corrected chi connectivity index (χ2v) is 7.16. The Hall–Kier alpha value is -2.93. The Balaban J connectivity index is 1.66. The summed E-state index contributed by atoms with van der Waals surface area (Å²) in [4.78, 5) is 13.0. The minimum absolute atomic E-state index is 0.0755. The molecule has 0 saturated carbocycles. The first-order valence-electron chi connectivity index (χ1n) is 8.54. The summed E-state index contributed by atoms with van der Waals surface area (Å²) < 4.78 is 35.3. The van der Waals surface area contributed by atoms with E-state index in [0.717, 1.165) is 22.4 Å². The highest BCUT2D eigenvalue weighted by Gasteiger charge is 2.15. The second-order valence-electron chi connectivity index (χ2n) is 6.25. The molecule has 0 atom stereocenters. The molecule has 4 nitrogen and oxygen atoms in total. The van der Waals surface area contributed by atoms with Crippen molar-refractivity contribution in [3.05, 3.63) is 75.5 Å². The zero-order valence-corrected chi connectivity index (χ0v) is 16.2. The predicted octanol–water partition coefficient (Wildman–Crippen LogP) is 5.80. The topological polar surface area (TPSA) is 47.6 Å². The van der Waals surface area contributed by atoms with Gasteiger partial charge in [-0.1, -0.05) is 23.8 Å². The number of alkyl halides is 2. The monoisotopic (exact) mass is 403 g/mol. The van der Waals surface area contributed by atoms with Crippen LogP contribution in [-0.4, -0.2) is 12.5 Å². The number of benzene rings is 2. The molecule has 3 aromatic rings. The minimum atomic E-state index is -2.97. The Morgan fingerprint density at radius 1 is 1.07 bits per heavy atom. The maximum absolute atomic E-state index is 12.6. The highest BCUT2D eigenvalue weighted by atomic mass is 32.1. The number of carbonyl (C=O) groups is 1. The summed E-state index contributed by atoms with van der Waals surface area (Å²) in [6.07, 6.45) is 0. The number of hydrogen-bond donors (Lipinski definition) is 1. The van der Waals surface area contributed by atoms with Crippen LogP contribution >= 0.6 is 11.3 Å². The zero-order valence-electron chi connectivity index (χ0n) is 15.4. The molecule has 0 aliphatic rings. The first-order chi connectivity index (χ1) is 13.4. The van der Waals surface area contributed by atoms with E-state index >= 15 is 0 Å². The van der Waals surface area contributed by atoms with Gasteiger partial charge in [0.2, 0.25) is 0 Å². The van der Waals surface area contributed by atoms with Gasteiger partial charge < -0.3 is 14.8 Å². The van der Waals surface area contributed by atoms with E-state index in [4.69, 9.17) is 4.74 Å². The molecule has 1 aromatic heterocycles. The number of amides is 1. The van der Waals surface area contributed by atoms with Crippen molar-refractivity contribution in [2.75, 3.05) is 5.32 Å². The van der Waals surface area contributed by atoms with E-state index in [9.17, 15) is 13.6 Å². The highest BCUT2D eigenvalue weighted by Crippen LogP contribution is 2.28. The van der Waals surface area contributed by atoms with Crippen LogP contribution in [0.3, 0.4) is 0 Å². The summed E-state index contributed by atoms with van der Waals surface area (Å²) >= 11 is 1.26. The van der Waals surface area contributed by atoms with Crippen LogP contribution < -0.4 is 14.8 Å². The van der Waals surface area contributed by atoms with Crippen molar-refractivity contribution >= 4 is 22.9 Å². The normalized spacial score (nSPS) is 10.8. The smallest absolute Gasteiger partial charge is 0.387 e. The largest absolute Gasteiger partial charge is 0.489 e. The lowest BCUT2D eigenvalue weighted by molar-refractivity contribution is -0.0493. The lowest BCUT2D eigenvalue weighted by atomic mass is 10.2. The minimum Gasteiger partial charge on any atom is -0.489 e. The molecule has 0 bridgehead atoms. The predicted molar refractivity (Wildman–Crippen MR) is 106 cm³/mol. The lowest BCUT2D eigenvalue weighted by Crippen LogP contribution is -2.13. The lowest BCUT2D eigenvalue weighted by Gasteiger charge is -2.12. The number of nitrogens with one attached hydrogen (secondary N) is 1. The first-order valence-corrected chi connectivity index (χ1v) is 9.42. The number of rotatable bonds is 7. The molecule has 146 valence electrons. The number of anilines is 1. The maximum atomic E-state index is 12.6. The van der Waals surface area contributed by atoms with Gasteiger partial charge in [-0.2, -0.15) is 8.78 Å². The van der Waals surface area contributed by atoms with Gasteiger partial charge in [-0.25, -0.2) is 0 Å². The van der Waals surface area contributed by atoms with E-state index in [-0.39, 0.29) is 11.4 Å². The summed E-state index contributed by atoms with van der Waals surface area (Å²) in [5, 5.41) is 4.47. The van der Waals surface area contributed by atoms with Gasteiger partial charge in [-0.15, -0.1) is 11.3 Å². The average Bonchev–Trinajstić information content (AvgIpc) is 3.12. The van der Waals surface area contributed by atoms with Crippen LogP contribution in [0.4, 0.5) is 14.5 Å². The fourth-order valence-corrected chi connectivity index (χ4v) is 3.29. The highest BCUT2D eigenvalue weighted by molar-refractivity contribution is 7.12. The van der Waals surface area contributed by atoms with Gasteiger partial charge in [0.15, 0.2) is 0 Å². The third-order valence-corrected chi connectivity index (χ3v) is 4.88. The zero-order chi connectivity index (χ0) is 20.1. The molecule has 1 N–H and O–H groups in total. The molecular weight excluding hydrogens is 384 g/mol. The summed E-state index contributed by atoms with van der Waals surface area (Å²) in [6.45, 7) is 1.16. The molecule has 3 rings (SSSR count). The van der Waals surface area contributed by atoms with Crippen LogP contribution in [-0.2, 0) is 6.61 Å². The van der Waals surface area contributed by atoms with Crippen LogP contribution in [0.25, 0.3) is 0 Å². The van der Waals surface area contributed by atoms with Crippen LogP contribution in [0.2, 0.25) is 0 Å². The molecule has 0 unspecified atom stereocenters. The molecule has 2 aromatic carbocycles. The fourth-order valence-electron chi connectivity index (χ4n) is 2.50. The van der Waals surface area contributed by atoms with Crippen molar-refractivity contribution in [3.8, 4) is 11.5 Å². The Bertz CT molecular complexity index is 955. The van der Waals surface area contributed by atoms with Crippen LogP contribution in [0.15, 0.2) is 53.9 Å². The summed E-state index contributed by atoms with van der Waals surface area (Å²) in [6, 6.07) is 14.0. The molecule has 7 heteroatoms. The molecule has 1 amide bonds. The van der Waals surface area contributed by atoms with E-state index in [0.29, 0.717) is 11.5 Å². The van der Waals surface area contributed by atoms with E-state index in [2.05, 4.69) is 10.1 Å². The number of ether oxygens (including phenoxy) is 2. The van der Waals surface area contributed by atoms with E-state index < -0.39 is 12.5 Å². The number of aryl methyl sites for hydroxylation is 2. The molecule has 1 heterocycles. The summed E-state index contributed by atoms with van der Waals surface area (Å²) in [5.74, 6) is 0.279. The standard InChI is InChI=1S/C21H19F2NO3S/c1-13-3-6-16(7-4-13)26-11-15-10-19(28-12-15)20(25)24-17-9-14(2)5-8-18(17)27-21(22)23/h3-10,12,21H,11H2,1-2H3,(H,24,25). The van der Waals surface area contributed by atoms with Gasteiger partial charge in [0.1, 0.15) is 18.1 Å². The SMILES string of the molecule is Cc1ccc(OCc2csc(C(=O)Nc3cc(C)ccc3OC(F)F)c2)cc1. The van der Waals surface area contributed by atoms with Crippen molar-refractivity contribution in [1.82, 2.24) is 0 Å². The summed E-state index contributed by atoms with van der Waals surface area (Å²) in [7, 11) is 0. The van der Waals surface area contributed by atoms with Crippen molar-refractivity contribution in [1.29, 1.82) is 0 Å². The van der Waals surface area contributed by atoms with Gasteiger partial charge in [0.05, 0.1) is 10.6 Å². The molecule has 0 radical (unpaired) electrons. The Kier molecular flexibility index (Phi) is 6.26. The molecule has 0 aliphatic heterocycles. The van der Waals surface area contributed by atoms with Gasteiger partial charge in [0.25, 0.3) is 5.91 Å². The molecule has 0 saturated heterocycles. The fraction of sp³-hybridized carbons (Fsp3) is 0.190. The quantitative estimate of drug-likeness (QED) is 0.543. The van der Waals surface area contributed by atoms with Gasteiger partial charge in [-0.05, 0) is 55.1 Å². The number of hydrogen-bond acceptors (Lipinski definition) is 4. The van der Waals surface area contributed by atoms with E-state index in [1.54, 1.807) is 25.1 Å². The van der Waals surface area contributed by atoms with E-state index in [1.165, 1.54) is 17.4 Å². The first kappa shape index (κ1) is 19.8. The van der Waals surface area contributed by atoms with Gasteiger partial charge in [0, 0.05) is 5.56 Å². The molecule has 28 heavy (non-hydrogen) atoms. The van der Waals surface area contributed by atoms with Crippen molar-refractivity contribution < 1.29 is 23.0 Å². The molecular formula is C21H19F2NO3S. The Morgan fingerprint density at radius 2 is 1.79 bits per heavy atom. The van der Waals surface area contributed by atoms with Crippen LogP contribution in [0.5, 0.6) is 11.5 Å².